The zero-order valence-electron chi connectivity index (χ0n) is 18.9. The molecule has 0 aromatic carbocycles. The molecule has 0 atom stereocenters. The van der Waals surface area contributed by atoms with E-state index in [4.69, 9.17) is 9.47 Å². The first kappa shape index (κ1) is 22.8. The second-order valence-electron chi connectivity index (χ2n) is 8.63. The summed E-state index contributed by atoms with van der Waals surface area (Å²) in [7, 11) is 1.74. The van der Waals surface area contributed by atoms with E-state index in [1.165, 1.54) is 0 Å². The fraction of sp³-hybridized carbons (Fsp3) is 0.652. The van der Waals surface area contributed by atoms with Crippen LogP contribution in [-0.2, 0) is 9.47 Å². The molecule has 2 fully saturated rings. The molecule has 1 aliphatic carbocycles. The predicted molar refractivity (Wildman–Crippen MR) is 125 cm³/mol. The quantitative estimate of drug-likeness (QED) is 0.480. The summed E-state index contributed by atoms with van der Waals surface area (Å²) in [5.74, 6) is 2.89. The summed E-state index contributed by atoms with van der Waals surface area (Å²) in [6.45, 7) is 4.28. The molecule has 0 amide bonds. The number of nitrogens with one attached hydrogen (secondary N) is 3. The van der Waals surface area contributed by atoms with Gasteiger partial charge in [-0.2, -0.15) is 0 Å². The second-order valence-corrected chi connectivity index (χ2v) is 8.63. The molecule has 174 valence electrons. The van der Waals surface area contributed by atoms with Crippen molar-refractivity contribution in [2.45, 2.75) is 50.6 Å². The number of rotatable bonds is 10. The zero-order chi connectivity index (χ0) is 22.0. The Hall–Kier alpha value is -2.36. The van der Waals surface area contributed by atoms with Crippen molar-refractivity contribution in [3.05, 3.63) is 24.7 Å². The molecule has 32 heavy (non-hydrogen) atoms. The number of aromatic nitrogens is 4. The van der Waals surface area contributed by atoms with Gasteiger partial charge in [-0.3, -0.25) is 0 Å². The van der Waals surface area contributed by atoms with E-state index in [1.807, 2.05) is 12.1 Å². The Bertz CT molecular complexity index is 823. The lowest BCUT2D eigenvalue weighted by atomic mass is 9.91. The van der Waals surface area contributed by atoms with E-state index in [-0.39, 0.29) is 0 Å². The monoisotopic (exact) mass is 441 g/mol. The maximum absolute atomic E-state index is 5.44. The van der Waals surface area contributed by atoms with E-state index < -0.39 is 0 Å². The molecule has 2 aliphatic rings. The maximum atomic E-state index is 5.44. The van der Waals surface area contributed by atoms with Crippen molar-refractivity contribution in [2.75, 3.05) is 50.7 Å². The standard InChI is InChI=1S/C23H35N7O2/c1-31-13-10-24-18-2-4-19(5-3-18)29-22-14-20(27-16-28-22)23-25-9-6-21(30-23)26-15-17-7-11-32-12-8-17/h6,9,14,16-19,24H,2-5,7-8,10-13,15H2,1H3,(H,25,26,30)(H,27,28,29). The van der Waals surface area contributed by atoms with Crippen LogP contribution in [0, 0.1) is 5.92 Å². The SMILES string of the molecule is COCCNC1CCC(Nc2cc(-c3nccc(NCC4CCOCC4)n3)ncn2)CC1. The first-order chi connectivity index (χ1) is 15.8. The van der Waals surface area contributed by atoms with Crippen molar-refractivity contribution in [3.8, 4) is 11.5 Å². The highest BCUT2D eigenvalue weighted by Crippen LogP contribution is 2.23. The molecule has 9 nitrogen and oxygen atoms in total. The first-order valence-electron chi connectivity index (χ1n) is 11.8. The molecule has 9 heteroatoms. The molecule has 2 aromatic heterocycles. The summed E-state index contributed by atoms with van der Waals surface area (Å²) in [5.41, 5.74) is 0.729. The van der Waals surface area contributed by atoms with Gasteiger partial charge in [0.05, 0.1) is 6.61 Å². The molecule has 0 radical (unpaired) electrons. The molecule has 1 saturated carbocycles. The van der Waals surface area contributed by atoms with Gasteiger partial charge in [-0.15, -0.1) is 0 Å². The molecule has 3 N–H and O–H groups in total. The largest absolute Gasteiger partial charge is 0.383 e. The van der Waals surface area contributed by atoms with Gasteiger partial charge in [-0.1, -0.05) is 0 Å². The topological polar surface area (TPSA) is 106 Å². The molecule has 1 saturated heterocycles. The lowest BCUT2D eigenvalue weighted by Crippen LogP contribution is -2.38. The van der Waals surface area contributed by atoms with Crippen LogP contribution in [0.5, 0.6) is 0 Å². The second kappa shape index (κ2) is 12.0. The van der Waals surface area contributed by atoms with Gasteiger partial charge in [0, 0.05) is 57.8 Å². The van der Waals surface area contributed by atoms with Gasteiger partial charge < -0.3 is 25.4 Å². The third kappa shape index (κ3) is 6.82. The van der Waals surface area contributed by atoms with Crippen molar-refractivity contribution in [1.82, 2.24) is 25.3 Å². The van der Waals surface area contributed by atoms with E-state index in [2.05, 4.69) is 35.9 Å². The van der Waals surface area contributed by atoms with Gasteiger partial charge in [0.15, 0.2) is 5.82 Å². The number of methoxy groups -OCH3 is 1. The number of nitrogens with zero attached hydrogens (tertiary/aromatic N) is 4. The smallest absolute Gasteiger partial charge is 0.180 e. The fourth-order valence-electron chi connectivity index (χ4n) is 4.35. The molecular formula is C23H35N7O2. The maximum Gasteiger partial charge on any atom is 0.180 e. The van der Waals surface area contributed by atoms with Crippen LogP contribution in [0.2, 0.25) is 0 Å². The summed E-state index contributed by atoms with van der Waals surface area (Å²) >= 11 is 0. The molecule has 0 bridgehead atoms. The van der Waals surface area contributed by atoms with Gasteiger partial charge in [0.25, 0.3) is 0 Å². The third-order valence-corrected chi connectivity index (χ3v) is 6.28. The Morgan fingerprint density at radius 3 is 2.62 bits per heavy atom. The molecule has 0 unspecified atom stereocenters. The first-order valence-corrected chi connectivity index (χ1v) is 11.8. The minimum absolute atomic E-state index is 0.423. The Morgan fingerprint density at radius 1 is 1.00 bits per heavy atom. The molecule has 1 aliphatic heterocycles. The number of anilines is 2. The van der Waals surface area contributed by atoms with E-state index >= 15 is 0 Å². The molecule has 0 spiro atoms. The summed E-state index contributed by atoms with van der Waals surface area (Å²) in [4.78, 5) is 17.9. The van der Waals surface area contributed by atoms with E-state index in [0.717, 1.165) is 88.8 Å². The Labute approximate surface area is 190 Å². The molecule has 2 aromatic rings. The number of hydrogen-bond acceptors (Lipinski definition) is 9. The van der Waals surface area contributed by atoms with Crippen LogP contribution >= 0.6 is 0 Å². The summed E-state index contributed by atoms with van der Waals surface area (Å²) in [6, 6.07) is 4.85. The average molecular weight is 442 g/mol. The molecule has 3 heterocycles. The van der Waals surface area contributed by atoms with Crippen LogP contribution in [0.1, 0.15) is 38.5 Å². The summed E-state index contributed by atoms with van der Waals surface area (Å²) in [6.07, 6.45) is 10.1. The van der Waals surface area contributed by atoms with Crippen LogP contribution in [-0.4, -0.2) is 72.0 Å². The van der Waals surface area contributed by atoms with Gasteiger partial charge in [0.2, 0.25) is 0 Å². The van der Waals surface area contributed by atoms with Gasteiger partial charge in [0.1, 0.15) is 23.7 Å². The Balaban J connectivity index is 1.30. The van der Waals surface area contributed by atoms with Crippen LogP contribution in [0.4, 0.5) is 11.6 Å². The van der Waals surface area contributed by atoms with Crippen molar-refractivity contribution in [1.29, 1.82) is 0 Å². The zero-order valence-corrected chi connectivity index (χ0v) is 18.9. The average Bonchev–Trinajstić information content (AvgIpc) is 2.85. The van der Waals surface area contributed by atoms with Crippen LogP contribution in [0.15, 0.2) is 24.7 Å². The fourth-order valence-corrected chi connectivity index (χ4v) is 4.35. The van der Waals surface area contributed by atoms with Gasteiger partial charge in [-0.25, -0.2) is 19.9 Å². The van der Waals surface area contributed by atoms with Crippen molar-refractivity contribution >= 4 is 11.6 Å². The van der Waals surface area contributed by atoms with Crippen molar-refractivity contribution in [2.24, 2.45) is 5.92 Å². The molecular weight excluding hydrogens is 406 g/mol. The predicted octanol–water partition coefficient (Wildman–Crippen LogP) is 2.73. The Kier molecular flexibility index (Phi) is 8.58. The highest BCUT2D eigenvalue weighted by molar-refractivity contribution is 5.56. The lowest BCUT2D eigenvalue weighted by molar-refractivity contribution is 0.0699. The number of ether oxygens (including phenoxy) is 2. The minimum Gasteiger partial charge on any atom is -0.383 e. The highest BCUT2D eigenvalue weighted by Gasteiger charge is 2.21. The van der Waals surface area contributed by atoms with Crippen molar-refractivity contribution in [3.63, 3.8) is 0 Å². The Morgan fingerprint density at radius 2 is 1.81 bits per heavy atom. The normalized spacial score (nSPS) is 21.9. The molecule has 4 rings (SSSR count). The van der Waals surface area contributed by atoms with Gasteiger partial charge in [-0.05, 0) is 50.5 Å². The van der Waals surface area contributed by atoms with Crippen molar-refractivity contribution < 1.29 is 9.47 Å². The minimum atomic E-state index is 0.423. The van der Waals surface area contributed by atoms with Crippen LogP contribution in [0.3, 0.4) is 0 Å². The van der Waals surface area contributed by atoms with E-state index in [1.54, 1.807) is 19.6 Å². The van der Waals surface area contributed by atoms with E-state index in [0.29, 0.717) is 23.8 Å². The van der Waals surface area contributed by atoms with Crippen LogP contribution in [0.25, 0.3) is 11.5 Å². The third-order valence-electron chi connectivity index (χ3n) is 6.28. The summed E-state index contributed by atoms with van der Waals surface area (Å²) in [5, 5.41) is 10.6. The van der Waals surface area contributed by atoms with Crippen LogP contribution < -0.4 is 16.0 Å². The summed E-state index contributed by atoms with van der Waals surface area (Å²) < 4.78 is 10.6. The number of hydrogen-bond donors (Lipinski definition) is 3. The lowest BCUT2D eigenvalue weighted by Gasteiger charge is -2.30. The van der Waals surface area contributed by atoms with E-state index in [9.17, 15) is 0 Å². The van der Waals surface area contributed by atoms with Gasteiger partial charge >= 0.3 is 0 Å². The highest BCUT2D eigenvalue weighted by atomic mass is 16.5.